The Morgan fingerprint density at radius 1 is 1.54 bits per heavy atom. The molecule has 1 unspecified atom stereocenters. The summed E-state index contributed by atoms with van der Waals surface area (Å²) in [6.07, 6.45) is 0. The minimum absolute atomic E-state index is 0.00507. The quantitative estimate of drug-likeness (QED) is 0.812. The van der Waals surface area contributed by atoms with E-state index in [9.17, 15) is 0 Å². The van der Waals surface area contributed by atoms with Crippen molar-refractivity contribution in [1.29, 1.82) is 0 Å². The molecule has 0 amide bonds. The molecular formula is C10H17NOS. The minimum atomic E-state index is -0.104. The summed E-state index contributed by atoms with van der Waals surface area (Å²) in [6.45, 7) is 6.69. The van der Waals surface area contributed by atoms with Crippen molar-refractivity contribution < 1.29 is 4.74 Å². The number of hydrogen-bond donors (Lipinski definition) is 1. The van der Waals surface area contributed by atoms with Crippen molar-refractivity contribution in [3.05, 3.63) is 22.4 Å². The zero-order valence-electron chi connectivity index (χ0n) is 8.41. The first kappa shape index (κ1) is 10.7. The number of rotatable bonds is 3. The van der Waals surface area contributed by atoms with Crippen LogP contribution in [0.25, 0.3) is 0 Å². The summed E-state index contributed by atoms with van der Waals surface area (Å²) < 4.78 is 5.59. The summed E-state index contributed by atoms with van der Waals surface area (Å²) >= 11 is 1.67. The van der Waals surface area contributed by atoms with Gasteiger partial charge in [0, 0.05) is 0 Å². The maximum atomic E-state index is 5.93. The van der Waals surface area contributed by atoms with Crippen molar-refractivity contribution >= 4 is 11.3 Å². The average Bonchev–Trinajstić information content (AvgIpc) is 2.50. The molecule has 74 valence electrons. The molecule has 0 fully saturated rings. The third-order valence-electron chi connectivity index (χ3n) is 1.67. The fraction of sp³-hybridized carbons (Fsp3) is 0.600. The fourth-order valence-electron chi connectivity index (χ4n) is 0.922. The molecule has 0 saturated heterocycles. The van der Waals surface area contributed by atoms with Gasteiger partial charge in [0.1, 0.15) is 0 Å². The van der Waals surface area contributed by atoms with Crippen LogP contribution in [0, 0.1) is 0 Å². The Bertz CT molecular complexity index is 238. The second-order valence-electron chi connectivity index (χ2n) is 4.09. The van der Waals surface area contributed by atoms with Crippen molar-refractivity contribution in [3.63, 3.8) is 0 Å². The summed E-state index contributed by atoms with van der Waals surface area (Å²) in [5.41, 5.74) is 6.99. The summed E-state index contributed by atoms with van der Waals surface area (Å²) in [5, 5.41) is 4.10. The van der Waals surface area contributed by atoms with Crippen LogP contribution in [0.3, 0.4) is 0 Å². The summed E-state index contributed by atoms with van der Waals surface area (Å²) in [5.74, 6) is 0. The maximum Gasteiger partial charge on any atom is 0.0666 e. The van der Waals surface area contributed by atoms with Crippen LogP contribution < -0.4 is 5.73 Å². The van der Waals surface area contributed by atoms with E-state index in [4.69, 9.17) is 10.5 Å². The van der Waals surface area contributed by atoms with E-state index >= 15 is 0 Å². The molecule has 0 bridgehead atoms. The zero-order chi connectivity index (χ0) is 9.90. The van der Waals surface area contributed by atoms with E-state index in [0.29, 0.717) is 6.61 Å². The van der Waals surface area contributed by atoms with Crippen LogP contribution in [0.2, 0.25) is 0 Å². The Balaban J connectivity index is 2.39. The van der Waals surface area contributed by atoms with Gasteiger partial charge in [-0.1, -0.05) is 0 Å². The van der Waals surface area contributed by atoms with Crippen molar-refractivity contribution in [1.82, 2.24) is 0 Å². The lowest BCUT2D eigenvalue weighted by atomic mass is 10.1. The van der Waals surface area contributed by atoms with E-state index < -0.39 is 0 Å². The first-order valence-electron chi connectivity index (χ1n) is 4.41. The van der Waals surface area contributed by atoms with Crippen LogP contribution >= 0.6 is 11.3 Å². The lowest BCUT2D eigenvalue weighted by Gasteiger charge is -2.22. The van der Waals surface area contributed by atoms with Gasteiger partial charge in [-0.05, 0) is 43.2 Å². The molecule has 0 aliphatic carbocycles. The van der Waals surface area contributed by atoms with E-state index in [0.717, 1.165) is 5.56 Å². The van der Waals surface area contributed by atoms with Gasteiger partial charge in [0.25, 0.3) is 0 Å². The normalized spacial score (nSPS) is 14.5. The van der Waals surface area contributed by atoms with Crippen molar-refractivity contribution in [2.24, 2.45) is 5.73 Å². The van der Waals surface area contributed by atoms with E-state index in [1.807, 2.05) is 32.2 Å². The van der Waals surface area contributed by atoms with Crippen LogP contribution in [0.15, 0.2) is 16.8 Å². The smallest absolute Gasteiger partial charge is 0.0666 e. The first-order valence-corrected chi connectivity index (χ1v) is 5.35. The molecule has 1 heterocycles. The molecule has 1 aromatic heterocycles. The maximum absolute atomic E-state index is 5.93. The standard InChI is InChI=1S/C10H17NOS/c1-10(2,3)12-6-9(11)8-4-5-13-7-8/h4-5,7,9H,6,11H2,1-3H3. The molecule has 2 nitrogen and oxygen atoms in total. The van der Waals surface area contributed by atoms with Crippen molar-refractivity contribution in [2.45, 2.75) is 32.4 Å². The van der Waals surface area contributed by atoms with Gasteiger partial charge in [-0.3, -0.25) is 0 Å². The molecule has 13 heavy (non-hydrogen) atoms. The zero-order valence-corrected chi connectivity index (χ0v) is 9.23. The topological polar surface area (TPSA) is 35.2 Å². The fourth-order valence-corrected chi connectivity index (χ4v) is 1.65. The minimum Gasteiger partial charge on any atom is -0.374 e. The molecule has 0 spiro atoms. The van der Waals surface area contributed by atoms with Crippen LogP contribution in [0.5, 0.6) is 0 Å². The Labute approximate surface area is 83.7 Å². The van der Waals surface area contributed by atoms with Gasteiger partial charge in [0.05, 0.1) is 18.2 Å². The predicted octanol–water partition coefficient (Wildman–Crippen LogP) is 2.56. The van der Waals surface area contributed by atoms with Crippen LogP contribution in [-0.4, -0.2) is 12.2 Å². The Morgan fingerprint density at radius 3 is 2.69 bits per heavy atom. The number of hydrogen-bond acceptors (Lipinski definition) is 3. The second kappa shape index (κ2) is 4.22. The highest BCUT2D eigenvalue weighted by atomic mass is 32.1. The summed E-state index contributed by atoms with van der Waals surface area (Å²) in [6, 6.07) is 2.05. The molecule has 0 radical (unpaired) electrons. The largest absolute Gasteiger partial charge is 0.374 e. The third kappa shape index (κ3) is 3.89. The highest BCUT2D eigenvalue weighted by Crippen LogP contribution is 2.16. The second-order valence-corrected chi connectivity index (χ2v) is 4.87. The molecule has 0 aromatic carbocycles. The molecule has 3 heteroatoms. The van der Waals surface area contributed by atoms with E-state index in [1.54, 1.807) is 11.3 Å². The van der Waals surface area contributed by atoms with Crippen LogP contribution in [0.4, 0.5) is 0 Å². The highest BCUT2D eigenvalue weighted by molar-refractivity contribution is 7.07. The third-order valence-corrected chi connectivity index (χ3v) is 2.37. The molecule has 0 aliphatic heterocycles. The lowest BCUT2D eigenvalue weighted by molar-refractivity contribution is -0.0101. The van der Waals surface area contributed by atoms with Gasteiger partial charge in [-0.25, -0.2) is 0 Å². The molecule has 2 N–H and O–H groups in total. The highest BCUT2D eigenvalue weighted by Gasteiger charge is 2.13. The SMILES string of the molecule is CC(C)(C)OCC(N)c1ccsc1. The number of nitrogens with two attached hydrogens (primary N) is 1. The molecule has 0 saturated carbocycles. The predicted molar refractivity (Wildman–Crippen MR) is 57.0 cm³/mol. The molecule has 1 atom stereocenters. The molecule has 0 aliphatic rings. The monoisotopic (exact) mass is 199 g/mol. The number of ether oxygens (including phenoxy) is 1. The van der Waals surface area contributed by atoms with Crippen molar-refractivity contribution in [2.75, 3.05) is 6.61 Å². The lowest BCUT2D eigenvalue weighted by Crippen LogP contribution is -2.26. The van der Waals surface area contributed by atoms with Crippen LogP contribution in [0.1, 0.15) is 32.4 Å². The van der Waals surface area contributed by atoms with Gasteiger partial charge in [0.15, 0.2) is 0 Å². The Morgan fingerprint density at radius 2 is 2.23 bits per heavy atom. The van der Waals surface area contributed by atoms with Gasteiger partial charge < -0.3 is 10.5 Å². The molecular weight excluding hydrogens is 182 g/mol. The molecule has 1 rings (SSSR count). The average molecular weight is 199 g/mol. The summed E-state index contributed by atoms with van der Waals surface area (Å²) in [4.78, 5) is 0. The summed E-state index contributed by atoms with van der Waals surface area (Å²) in [7, 11) is 0. The van der Waals surface area contributed by atoms with E-state index in [1.165, 1.54) is 0 Å². The van der Waals surface area contributed by atoms with E-state index in [-0.39, 0.29) is 11.6 Å². The van der Waals surface area contributed by atoms with Gasteiger partial charge in [-0.2, -0.15) is 11.3 Å². The van der Waals surface area contributed by atoms with E-state index in [2.05, 4.69) is 5.38 Å². The van der Waals surface area contributed by atoms with Crippen molar-refractivity contribution in [3.8, 4) is 0 Å². The Hall–Kier alpha value is -0.380. The van der Waals surface area contributed by atoms with Gasteiger partial charge >= 0.3 is 0 Å². The molecule has 1 aromatic rings. The number of thiophene rings is 1. The van der Waals surface area contributed by atoms with Gasteiger partial charge in [0.2, 0.25) is 0 Å². The van der Waals surface area contributed by atoms with Crippen LogP contribution in [-0.2, 0) is 4.74 Å². The van der Waals surface area contributed by atoms with Gasteiger partial charge in [-0.15, -0.1) is 0 Å². The first-order chi connectivity index (χ1) is 5.99. The Kier molecular flexibility index (Phi) is 3.47.